The Labute approximate surface area is 101 Å². The van der Waals surface area contributed by atoms with Gasteiger partial charge in [0.2, 0.25) is 5.95 Å². The zero-order valence-electron chi connectivity index (χ0n) is 10.2. The molecule has 0 amide bonds. The first-order valence-electron chi connectivity index (χ1n) is 5.83. The van der Waals surface area contributed by atoms with E-state index in [1.165, 1.54) is 7.11 Å². The van der Waals surface area contributed by atoms with Crippen LogP contribution in [0.1, 0.15) is 18.5 Å². The summed E-state index contributed by atoms with van der Waals surface area (Å²) in [4.78, 5) is 22.2. The van der Waals surface area contributed by atoms with E-state index < -0.39 is 0 Å². The fourth-order valence-electron chi connectivity index (χ4n) is 2.11. The van der Waals surface area contributed by atoms with Crippen molar-refractivity contribution < 1.29 is 9.53 Å². The van der Waals surface area contributed by atoms with Gasteiger partial charge in [-0.3, -0.25) is 4.79 Å². The van der Waals surface area contributed by atoms with Gasteiger partial charge >= 0.3 is 5.97 Å². The molecule has 0 spiro atoms. The van der Waals surface area contributed by atoms with Gasteiger partial charge in [0.05, 0.1) is 13.0 Å². The van der Waals surface area contributed by atoms with E-state index in [2.05, 4.69) is 14.9 Å². The fraction of sp³-hybridized carbons (Fsp3) is 0.583. The first-order chi connectivity index (χ1) is 8.20. The Hall–Kier alpha value is -1.65. The summed E-state index contributed by atoms with van der Waals surface area (Å²) in [6.07, 6.45) is 3.60. The summed E-state index contributed by atoms with van der Waals surface area (Å²) in [5, 5.41) is 0. The molecular formula is C12H17N3O2. The number of aryl methyl sites for hydroxylation is 1. The van der Waals surface area contributed by atoms with E-state index in [1.807, 2.05) is 13.0 Å². The van der Waals surface area contributed by atoms with E-state index >= 15 is 0 Å². The zero-order valence-corrected chi connectivity index (χ0v) is 10.2. The molecule has 2 heterocycles. The van der Waals surface area contributed by atoms with Gasteiger partial charge in [0.15, 0.2) is 0 Å². The molecule has 0 aliphatic carbocycles. The highest BCUT2D eigenvalue weighted by Crippen LogP contribution is 2.21. The average molecular weight is 235 g/mol. The van der Waals surface area contributed by atoms with Crippen LogP contribution in [0.5, 0.6) is 0 Å². The number of carbonyl (C=O) groups is 1. The van der Waals surface area contributed by atoms with E-state index in [0.717, 1.165) is 25.1 Å². The normalized spacial score (nSPS) is 20.1. The van der Waals surface area contributed by atoms with E-state index in [-0.39, 0.29) is 11.9 Å². The van der Waals surface area contributed by atoms with E-state index in [0.29, 0.717) is 12.5 Å². The third kappa shape index (κ3) is 2.72. The summed E-state index contributed by atoms with van der Waals surface area (Å²) in [6.45, 7) is 3.49. The predicted molar refractivity (Wildman–Crippen MR) is 63.7 cm³/mol. The largest absolute Gasteiger partial charge is 0.469 e. The van der Waals surface area contributed by atoms with E-state index in [1.54, 1.807) is 6.20 Å². The second-order valence-electron chi connectivity index (χ2n) is 4.31. The number of hydrogen-bond donors (Lipinski definition) is 0. The Bertz CT molecular complexity index is 408. The first-order valence-corrected chi connectivity index (χ1v) is 5.83. The Kier molecular flexibility index (Phi) is 3.56. The molecule has 5 heteroatoms. The van der Waals surface area contributed by atoms with Gasteiger partial charge in [-0.25, -0.2) is 9.97 Å². The number of anilines is 1. The Balaban J connectivity index is 2.09. The number of aromatic nitrogens is 2. The lowest BCUT2D eigenvalue weighted by molar-refractivity contribution is -0.145. The lowest BCUT2D eigenvalue weighted by Crippen LogP contribution is -2.40. The van der Waals surface area contributed by atoms with Crippen molar-refractivity contribution in [3.05, 3.63) is 18.0 Å². The maximum Gasteiger partial charge on any atom is 0.310 e. The number of rotatable bonds is 2. The fourth-order valence-corrected chi connectivity index (χ4v) is 2.11. The van der Waals surface area contributed by atoms with Crippen LogP contribution >= 0.6 is 0 Å². The molecule has 0 saturated carbocycles. The van der Waals surface area contributed by atoms with Gasteiger partial charge < -0.3 is 9.64 Å². The molecule has 5 nitrogen and oxygen atoms in total. The van der Waals surface area contributed by atoms with Gasteiger partial charge in [0, 0.05) is 25.0 Å². The van der Waals surface area contributed by atoms with Crippen LogP contribution in [0, 0.1) is 12.8 Å². The molecule has 17 heavy (non-hydrogen) atoms. The molecule has 1 aromatic rings. The second-order valence-corrected chi connectivity index (χ2v) is 4.31. The van der Waals surface area contributed by atoms with Crippen LogP contribution < -0.4 is 4.90 Å². The maximum absolute atomic E-state index is 11.5. The van der Waals surface area contributed by atoms with Gasteiger partial charge in [-0.15, -0.1) is 0 Å². The molecule has 1 fully saturated rings. The van der Waals surface area contributed by atoms with Gasteiger partial charge in [0.25, 0.3) is 0 Å². The molecule has 1 saturated heterocycles. The molecule has 1 unspecified atom stereocenters. The molecule has 1 atom stereocenters. The van der Waals surface area contributed by atoms with Crippen LogP contribution in [0.15, 0.2) is 12.3 Å². The van der Waals surface area contributed by atoms with Crippen LogP contribution in [0.3, 0.4) is 0 Å². The van der Waals surface area contributed by atoms with Crippen molar-refractivity contribution >= 4 is 11.9 Å². The summed E-state index contributed by atoms with van der Waals surface area (Å²) in [6, 6.07) is 1.87. The van der Waals surface area contributed by atoms with E-state index in [9.17, 15) is 4.79 Å². The molecule has 1 aliphatic heterocycles. The van der Waals surface area contributed by atoms with Crippen molar-refractivity contribution in [2.45, 2.75) is 19.8 Å². The number of carbonyl (C=O) groups excluding carboxylic acids is 1. The van der Waals surface area contributed by atoms with Crippen molar-refractivity contribution in [2.75, 3.05) is 25.1 Å². The smallest absolute Gasteiger partial charge is 0.310 e. The molecule has 2 rings (SSSR count). The van der Waals surface area contributed by atoms with Crippen LogP contribution in [0.25, 0.3) is 0 Å². The molecule has 0 bridgehead atoms. The average Bonchev–Trinajstić information content (AvgIpc) is 2.38. The standard InChI is InChI=1S/C12H17N3O2/c1-9-5-6-13-12(14-9)15-7-3-4-10(8-15)11(16)17-2/h5-6,10H,3-4,7-8H2,1-2H3. The molecule has 0 N–H and O–H groups in total. The minimum Gasteiger partial charge on any atom is -0.469 e. The topological polar surface area (TPSA) is 55.3 Å². The summed E-state index contributed by atoms with van der Waals surface area (Å²) in [5.74, 6) is 0.513. The third-order valence-corrected chi connectivity index (χ3v) is 3.02. The Morgan fingerprint density at radius 1 is 1.59 bits per heavy atom. The van der Waals surface area contributed by atoms with Crippen molar-refractivity contribution in [3.8, 4) is 0 Å². The Morgan fingerprint density at radius 2 is 2.41 bits per heavy atom. The van der Waals surface area contributed by atoms with Crippen LogP contribution in [-0.4, -0.2) is 36.1 Å². The second kappa shape index (κ2) is 5.12. The zero-order chi connectivity index (χ0) is 12.3. The SMILES string of the molecule is COC(=O)C1CCCN(c2nccc(C)n2)C1. The number of hydrogen-bond acceptors (Lipinski definition) is 5. The monoisotopic (exact) mass is 235 g/mol. The predicted octanol–water partition coefficient (Wildman–Crippen LogP) is 1.17. The van der Waals surface area contributed by atoms with Crippen molar-refractivity contribution in [1.82, 2.24) is 9.97 Å². The quantitative estimate of drug-likeness (QED) is 0.720. The molecular weight excluding hydrogens is 218 g/mol. The number of esters is 1. The van der Waals surface area contributed by atoms with Crippen molar-refractivity contribution in [1.29, 1.82) is 0 Å². The lowest BCUT2D eigenvalue weighted by Gasteiger charge is -2.31. The van der Waals surface area contributed by atoms with Crippen molar-refractivity contribution in [2.24, 2.45) is 5.92 Å². The molecule has 0 aromatic carbocycles. The lowest BCUT2D eigenvalue weighted by atomic mass is 9.98. The number of piperidine rings is 1. The molecule has 0 radical (unpaired) electrons. The van der Waals surface area contributed by atoms with Gasteiger partial charge in [0.1, 0.15) is 0 Å². The summed E-state index contributed by atoms with van der Waals surface area (Å²) >= 11 is 0. The summed E-state index contributed by atoms with van der Waals surface area (Å²) < 4.78 is 4.79. The maximum atomic E-state index is 11.5. The summed E-state index contributed by atoms with van der Waals surface area (Å²) in [7, 11) is 1.43. The third-order valence-electron chi connectivity index (χ3n) is 3.02. The molecule has 92 valence electrons. The van der Waals surface area contributed by atoms with Gasteiger partial charge in [-0.2, -0.15) is 0 Å². The highest BCUT2D eigenvalue weighted by molar-refractivity contribution is 5.73. The van der Waals surface area contributed by atoms with Crippen LogP contribution in [0.2, 0.25) is 0 Å². The molecule has 1 aliphatic rings. The minimum absolute atomic E-state index is 0.0575. The number of methoxy groups -OCH3 is 1. The highest BCUT2D eigenvalue weighted by atomic mass is 16.5. The van der Waals surface area contributed by atoms with E-state index in [4.69, 9.17) is 4.74 Å². The first kappa shape index (κ1) is 11.8. The van der Waals surface area contributed by atoms with Crippen LogP contribution in [-0.2, 0) is 9.53 Å². The van der Waals surface area contributed by atoms with Gasteiger partial charge in [-0.05, 0) is 25.8 Å². The number of nitrogens with zero attached hydrogens (tertiary/aromatic N) is 3. The van der Waals surface area contributed by atoms with Crippen LogP contribution in [0.4, 0.5) is 5.95 Å². The number of ether oxygens (including phenoxy) is 1. The summed E-state index contributed by atoms with van der Waals surface area (Å²) in [5.41, 5.74) is 0.940. The minimum atomic E-state index is -0.137. The highest BCUT2D eigenvalue weighted by Gasteiger charge is 2.27. The van der Waals surface area contributed by atoms with Gasteiger partial charge in [-0.1, -0.05) is 0 Å². The molecule has 1 aromatic heterocycles. The van der Waals surface area contributed by atoms with Crippen molar-refractivity contribution in [3.63, 3.8) is 0 Å². The Morgan fingerprint density at radius 3 is 3.12 bits per heavy atom.